The lowest BCUT2D eigenvalue weighted by Crippen LogP contribution is -2.45. The molecule has 0 saturated carbocycles. The number of rotatable bonds is 4. The van der Waals surface area contributed by atoms with E-state index >= 15 is 0 Å². The Morgan fingerprint density at radius 3 is 2.88 bits per heavy atom. The third kappa shape index (κ3) is 3.57. The summed E-state index contributed by atoms with van der Waals surface area (Å²) in [4.78, 5) is 25.2. The van der Waals surface area contributed by atoms with Crippen molar-refractivity contribution in [1.82, 2.24) is 14.9 Å². The highest BCUT2D eigenvalue weighted by atomic mass is 32.1. The number of carbonyl (C=O) groups is 1. The fraction of sp³-hybridized carbons (Fsp3) is 0.471. The van der Waals surface area contributed by atoms with E-state index in [0.717, 1.165) is 17.1 Å². The largest absolute Gasteiger partial charge is 0.386 e. The number of aryl methyl sites for hydroxylation is 2. The second-order valence-electron chi connectivity index (χ2n) is 6.56. The molecule has 2 aromatic rings. The minimum Gasteiger partial charge on any atom is -0.386 e. The van der Waals surface area contributed by atoms with Crippen LogP contribution >= 0.6 is 11.3 Å². The van der Waals surface area contributed by atoms with Crippen LogP contribution in [-0.2, 0) is 0 Å². The van der Waals surface area contributed by atoms with Crippen molar-refractivity contribution in [2.75, 3.05) is 31.6 Å². The zero-order chi connectivity index (χ0) is 17.3. The molecule has 3 heterocycles. The normalized spacial score (nSPS) is 20.4. The number of β-amino-alcohol motifs (C(OH)–C–C–N with tert-alkyl or cyclic N) is 1. The Kier molecular flexibility index (Phi) is 4.56. The van der Waals surface area contributed by atoms with Gasteiger partial charge in [0.1, 0.15) is 17.7 Å². The minimum atomic E-state index is -0.921. The van der Waals surface area contributed by atoms with Gasteiger partial charge in [0.25, 0.3) is 5.91 Å². The molecule has 2 aromatic heterocycles. The van der Waals surface area contributed by atoms with Crippen molar-refractivity contribution in [3.05, 3.63) is 40.0 Å². The number of thiophene rings is 1. The van der Waals surface area contributed by atoms with E-state index in [1.165, 1.54) is 17.7 Å². The topological polar surface area (TPSA) is 69.6 Å². The van der Waals surface area contributed by atoms with Gasteiger partial charge in [0, 0.05) is 31.9 Å². The van der Waals surface area contributed by atoms with E-state index in [2.05, 4.69) is 9.97 Å². The van der Waals surface area contributed by atoms with Gasteiger partial charge in [-0.05, 0) is 37.3 Å². The molecule has 1 saturated heterocycles. The van der Waals surface area contributed by atoms with Crippen molar-refractivity contribution in [2.45, 2.75) is 25.9 Å². The molecule has 1 aliphatic rings. The van der Waals surface area contributed by atoms with E-state index in [1.54, 1.807) is 11.9 Å². The molecule has 1 amide bonds. The standard InChI is InChI=1S/C17H22N4O2S/c1-12-6-14(24-8-12)16(22)20(3)9-17(23)4-5-21(10-17)15-7-13(2)18-11-19-15/h6-8,11,23H,4-5,9-10H2,1-3H3/t17-/m0/s1. The summed E-state index contributed by atoms with van der Waals surface area (Å²) in [5.74, 6) is 0.777. The maximum Gasteiger partial charge on any atom is 0.263 e. The lowest BCUT2D eigenvalue weighted by atomic mass is 10.0. The maximum atomic E-state index is 12.5. The van der Waals surface area contributed by atoms with Crippen LogP contribution in [0.1, 0.15) is 27.3 Å². The van der Waals surface area contributed by atoms with Gasteiger partial charge in [0.05, 0.1) is 11.4 Å². The maximum absolute atomic E-state index is 12.5. The highest BCUT2D eigenvalue weighted by molar-refractivity contribution is 7.12. The Bertz CT molecular complexity index is 748. The molecule has 1 atom stereocenters. The number of anilines is 1. The summed E-state index contributed by atoms with van der Waals surface area (Å²) < 4.78 is 0. The lowest BCUT2D eigenvalue weighted by Gasteiger charge is -2.29. The second-order valence-corrected chi connectivity index (χ2v) is 7.47. The van der Waals surface area contributed by atoms with E-state index in [0.29, 0.717) is 30.9 Å². The summed E-state index contributed by atoms with van der Waals surface area (Å²) >= 11 is 1.44. The number of likely N-dealkylation sites (N-methyl/N-ethyl adjacent to an activating group) is 1. The number of hydrogen-bond acceptors (Lipinski definition) is 6. The fourth-order valence-corrected chi connectivity index (χ4v) is 3.93. The van der Waals surface area contributed by atoms with Crippen LogP contribution in [0.25, 0.3) is 0 Å². The molecule has 7 heteroatoms. The van der Waals surface area contributed by atoms with Crippen molar-refractivity contribution in [3.8, 4) is 0 Å². The minimum absolute atomic E-state index is 0.0437. The van der Waals surface area contributed by atoms with Crippen LogP contribution in [0.4, 0.5) is 5.82 Å². The van der Waals surface area contributed by atoms with E-state index in [1.807, 2.05) is 36.3 Å². The van der Waals surface area contributed by atoms with Crippen molar-refractivity contribution in [3.63, 3.8) is 0 Å². The van der Waals surface area contributed by atoms with Gasteiger partial charge in [0.15, 0.2) is 0 Å². The lowest BCUT2D eigenvalue weighted by molar-refractivity contribution is 0.0266. The molecule has 128 valence electrons. The predicted molar refractivity (Wildman–Crippen MR) is 94.6 cm³/mol. The summed E-state index contributed by atoms with van der Waals surface area (Å²) in [5, 5.41) is 12.9. The van der Waals surface area contributed by atoms with Crippen LogP contribution in [0.2, 0.25) is 0 Å². The number of hydrogen-bond donors (Lipinski definition) is 1. The van der Waals surface area contributed by atoms with Crippen molar-refractivity contribution < 1.29 is 9.90 Å². The van der Waals surface area contributed by atoms with Crippen LogP contribution in [0.5, 0.6) is 0 Å². The van der Waals surface area contributed by atoms with Gasteiger partial charge >= 0.3 is 0 Å². The fourth-order valence-electron chi connectivity index (χ4n) is 3.04. The van der Waals surface area contributed by atoms with Gasteiger partial charge in [0.2, 0.25) is 0 Å². The zero-order valence-corrected chi connectivity index (χ0v) is 15.0. The molecular weight excluding hydrogens is 324 g/mol. The Balaban J connectivity index is 1.65. The molecular formula is C17H22N4O2S. The first-order valence-corrected chi connectivity index (χ1v) is 8.81. The van der Waals surface area contributed by atoms with Crippen molar-refractivity contribution in [2.24, 2.45) is 0 Å². The summed E-state index contributed by atoms with van der Waals surface area (Å²) in [6.45, 7) is 5.38. The Labute approximate surface area is 145 Å². The van der Waals surface area contributed by atoms with E-state index < -0.39 is 5.60 Å². The monoisotopic (exact) mass is 346 g/mol. The molecule has 0 spiro atoms. The number of amides is 1. The highest BCUT2D eigenvalue weighted by Crippen LogP contribution is 2.27. The second kappa shape index (κ2) is 6.49. The van der Waals surface area contributed by atoms with Crippen LogP contribution in [0.15, 0.2) is 23.8 Å². The molecule has 0 radical (unpaired) electrons. The van der Waals surface area contributed by atoms with Crippen molar-refractivity contribution in [1.29, 1.82) is 0 Å². The smallest absolute Gasteiger partial charge is 0.263 e. The van der Waals surface area contributed by atoms with Gasteiger partial charge in [-0.15, -0.1) is 11.3 Å². The van der Waals surface area contributed by atoms with Gasteiger partial charge in [-0.3, -0.25) is 4.79 Å². The SMILES string of the molecule is Cc1csc(C(=O)N(C)C[C@@]2(O)CCN(c3cc(C)ncn3)C2)c1. The molecule has 0 aromatic carbocycles. The zero-order valence-electron chi connectivity index (χ0n) is 14.2. The van der Waals surface area contributed by atoms with E-state index in [9.17, 15) is 9.90 Å². The first kappa shape index (κ1) is 16.9. The molecule has 0 unspecified atom stereocenters. The summed E-state index contributed by atoms with van der Waals surface area (Å²) in [6, 6.07) is 3.80. The van der Waals surface area contributed by atoms with Gasteiger partial charge in [-0.2, -0.15) is 0 Å². The van der Waals surface area contributed by atoms with Crippen LogP contribution in [-0.4, -0.2) is 58.2 Å². The molecule has 6 nitrogen and oxygen atoms in total. The van der Waals surface area contributed by atoms with Gasteiger partial charge < -0.3 is 14.9 Å². The molecule has 1 aliphatic heterocycles. The summed E-state index contributed by atoms with van der Waals surface area (Å²) in [6.07, 6.45) is 2.15. The van der Waals surface area contributed by atoms with Gasteiger partial charge in [-0.1, -0.05) is 0 Å². The van der Waals surface area contributed by atoms with Crippen LogP contribution in [0.3, 0.4) is 0 Å². The first-order valence-electron chi connectivity index (χ1n) is 7.93. The Hall–Kier alpha value is -1.99. The first-order chi connectivity index (χ1) is 11.4. The molecule has 24 heavy (non-hydrogen) atoms. The van der Waals surface area contributed by atoms with Crippen LogP contribution in [0, 0.1) is 13.8 Å². The summed E-state index contributed by atoms with van der Waals surface area (Å²) in [5.41, 5.74) is 1.06. The predicted octanol–water partition coefficient (Wildman–Crippen LogP) is 1.87. The van der Waals surface area contributed by atoms with Gasteiger partial charge in [-0.25, -0.2) is 9.97 Å². The molecule has 0 bridgehead atoms. The van der Waals surface area contributed by atoms with Crippen LogP contribution < -0.4 is 4.90 Å². The number of aromatic nitrogens is 2. The number of carbonyl (C=O) groups excluding carboxylic acids is 1. The number of aliphatic hydroxyl groups is 1. The molecule has 1 N–H and O–H groups in total. The molecule has 0 aliphatic carbocycles. The average molecular weight is 346 g/mol. The highest BCUT2D eigenvalue weighted by Gasteiger charge is 2.38. The third-order valence-electron chi connectivity index (χ3n) is 4.27. The van der Waals surface area contributed by atoms with E-state index in [4.69, 9.17) is 0 Å². The molecule has 1 fully saturated rings. The Morgan fingerprint density at radius 2 is 2.21 bits per heavy atom. The number of nitrogens with zero attached hydrogens (tertiary/aromatic N) is 4. The average Bonchev–Trinajstić information content (AvgIpc) is 3.13. The Morgan fingerprint density at radius 1 is 1.42 bits per heavy atom. The van der Waals surface area contributed by atoms with E-state index in [-0.39, 0.29) is 5.91 Å². The molecule has 3 rings (SSSR count). The van der Waals surface area contributed by atoms with Crippen molar-refractivity contribution >= 4 is 23.1 Å². The third-order valence-corrected chi connectivity index (χ3v) is 5.30. The summed E-state index contributed by atoms with van der Waals surface area (Å²) in [7, 11) is 1.74. The quantitative estimate of drug-likeness (QED) is 0.915.